The van der Waals surface area contributed by atoms with Crippen molar-refractivity contribution in [1.82, 2.24) is 0 Å². The van der Waals surface area contributed by atoms with Crippen LogP contribution in [0.15, 0.2) is 36.4 Å². The van der Waals surface area contributed by atoms with E-state index in [0.717, 1.165) is 12.5 Å². The molecule has 1 N–H and O–H groups in total. The Kier molecular flexibility index (Phi) is 3.48. The van der Waals surface area contributed by atoms with E-state index in [1.54, 1.807) is 18.2 Å². The normalized spacial score (nSPS) is 13.6. The molecule has 0 unspecified atom stereocenters. The molecule has 0 spiro atoms. The molecule has 2 aromatic rings. The van der Waals surface area contributed by atoms with Gasteiger partial charge in [0.15, 0.2) is 11.5 Å². The van der Waals surface area contributed by atoms with Gasteiger partial charge in [0.1, 0.15) is 5.82 Å². The Morgan fingerprint density at radius 3 is 2.57 bits per heavy atom. The molecule has 3 rings (SSSR count). The Morgan fingerprint density at radius 2 is 1.81 bits per heavy atom. The van der Waals surface area contributed by atoms with Crippen LogP contribution in [0, 0.1) is 5.82 Å². The largest absolute Gasteiger partial charge is 0.490 e. The minimum Gasteiger partial charge on any atom is -0.490 e. The predicted octanol–water partition coefficient (Wildman–Crippen LogP) is 3.35. The van der Waals surface area contributed by atoms with Gasteiger partial charge < -0.3 is 14.6 Å². The summed E-state index contributed by atoms with van der Waals surface area (Å²) in [6.45, 7) is 1.11. The molecule has 0 aliphatic carbocycles. The van der Waals surface area contributed by atoms with E-state index in [1.165, 1.54) is 12.1 Å². The molecule has 1 aliphatic heterocycles. The number of carboxylic acid groups (broad SMARTS) is 1. The molecule has 0 bridgehead atoms. The Hall–Kier alpha value is -2.56. The van der Waals surface area contributed by atoms with Gasteiger partial charge in [0.05, 0.1) is 18.8 Å². The first-order chi connectivity index (χ1) is 10.1. The maximum absolute atomic E-state index is 14.0. The van der Waals surface area contributed by atoms with E-state index in [4.69, 9.17) is 14.6 Å². The molecule has 5 heteroatoms. The van der Waals surface area contributed by atoms with Gasteiger partial charge in [0, 0.05) is 12.0 Å². The van der Waals surface area contributed by atoms with Crippen LogP contribution in [0.5, 0.6) is 11.5 Å². The lowest BCUT2D eigenvalue weighted by atomic mass is 10.0. The van der Waals surface area contributed by atoms with Crippen LogP contribution in [-0.2, 0) is 0 Å². The van der Waals surface area contributed by atoms with Crippen LogP contribution in [0.1, 0.15) is 16.8 Å². The summed E-state index contributed by atoms with van der Waals surface area (Å²) >= 11 is 0. The van der Waals surface area contributed by atoms with Crippen LogP contribution in [0.3, 0.4) is 0 Å². The summed E-state index contributed by atoms with van der Waals surface area (Å²) in [6, 6.07) is 8.79. The zero-order valence-corrected chi connectivity index (χ0v) is 11.1. The smallest absolute Gasteiger partial charge is 0.335 e. The molecule has 21 heavy (non-hydrogen) atoms. The Balaban J connectivity index is 2.06. The maximum Gasteiger partial charge on any atom is 0.335 e. The third-order valence-corrected chi connectivity index (χ3v) is 3.27. The van der Waals surface area contributed by atoms with Gasteiger partial charge in [-0.1, -0.05) is 6.07 Å². The minimum atomic E-state index is -1.09. The highest BCUT2D eigenvalue weighted by atomic mass is 19.1. The van der Waals surface area contributed by atoms with Gasteiger partial charge in [-0.3, -0.25) is 0 Å². The molecule has 0 saturated heterocycles. The number of carbonyl (C=O) groups is 1. The Bertz CT molecular complexity index is 697. The van der Waals surface area contributed by atoms with Crippen molar-refractivity contribution in [3.8, 4) is 22.6 Å². The minimum absolute atomic E-state index is 0.0403. The van der Waals surface area contributed by atoms with Crippen LogP contribution in [-0.4, -0.2) is 24.3 Å². The highest BCUT2D eigenvalue weighted by molar-refractivity contribution is 5.89. The first-order valence-electron chi connectivity index (χ1n) is 6.58. The number of carboxylic acids is 1. The highest BCUT2D eigenvalue weighted by Gasteiger charge is 2.15. The summed E-state index contributed by atoms with van der Waals surface area (Å²) in [5.41, 5.74) is 0.823. The average molecular weight is 288 g/mol. The zero-order chi connectivity index (χ0) is 14.8. The quantitative estimate of drug-likeness (QED) is 0.920. The summed E-state index contributed by atoms with van der Waals surface area (Å²) < 4.78 is 25.0. The monoisotopic (exact) mass is 288 g/mol. The van der Waals surface area contributed by atoms with Crippen LogP contribution < -0.4 is 9.47 Å². The molecule has 4 nitrogen and oxygen atoms in total. The Morgan fingerprint density at radius 1 is 1.05 bits per heavy atom. The van der Waals surface area contributed by atoms with Crippen LogP contribution in [0.2, 0.25) is 0 Å². The summed E-state index contributed by atoms with van der Waals surface area (Å²) in [5, 5.41) is 9.01. The third kappa shape index (κ3) is 2.67. The Labute approximate surface area is 120 Å². The van der Waals surface area contributed by atoms with Gasteiger partial charge in [0.2, 0.25) is 0 Å². The summed E-state index contributed by atoms with van der Waals surface area (Å²) in [6.07, 6.45) is 0.785. The predicted molar refractivity (Wildman–Crippen MR) is 74.4 cm³/mol. The van der Waals surface area contributed by atoms with Crippen molar-refractivity contribution >= 4 is 5.97 Å². The van der Waals surface area contributed by atoms with Crippen molar-refractivity contribution < 1.29 is 23.8 Å². The third-order valence-electron chi connectivity index (χ3n) is 3.27. The number of rotatable bonds is 2. The number of ether oxygens (including phenoxy) is 2. The van der Waals surface area contributed by atoms with E-state index in [0.29, 0.717) is 30.3 Å². The van der Waals surface area contributed by atoms with Crippen LogP contribution in [0.25, 0.3) is 11.1 Å². The van der Waals surface area contributed by atoms with Crippen molar-refractivity contribution in [3.63, 3.8) is 0 Å². The van der Waals surface area contributed by atoms with Crippen molar-refractivity contribution in [1.29, 1.82) is 0 Å². The molecule has 0 aromatic heterocycles. The number of hydrogen-bond acceptors (Lipinski definition) is 3. The van der Waals surface area contributed by atoms with E-state index in [2.05, 4.69) is 0 Å². The molecule has 0 fully saturated rings. The second-order valence-electron chi connectivity index (χ2n) is 4.71. The second-order valence-corrected chi connectivity index (χ2v) is 4.71. The molecule has 0 amide bonds. The van der Waals surface area contributed by atoms with E-state index in [9.17, 15) is 9.18 Å². The van der Waals surface area contributed by atoms with Gasteiger partial charge >= 0.3 is 5.97 Å². The van der Waals surface area contributed by atoms with Crippen molar-refractivity contribution in [2.75, 3.05) is 13.2 Å². The molecule has 2 aromatic carbocycles. The van der Waals surface area contributed by atoms with E-state index < -0.39 is 11.8 Å². The fourth-order valence-corrected chi connectivity index (χ4v) is 2.21. The molecule has 1 aliphatic rings. The van der Waals surface area contributed by atoms with Crippen LogP contribution >= 0.6 is 0 Å². The van der Waals surface area contributed by atoms with E-state index in [-0.39, 0.29) is 11.1 Å². The number of benzene rings is 2. The van der Waals surface area contributed by atoms with Gasteiger partial charge in [-0.25, -0.2) is 9.18 Å². The fourth-order valence-electron chi connectivity index (χ4n) is 2.21. The van der Waals surface area contributed by atoms with E-state index >= 15 is 0 Å². The van der Waals surface area contributed by atoms with Crippen molar-refractivity contribution in [3.05, 3.63) is 47.8 Å². The first kappa shape index (κ1) is 13.4. The standard InChI is InChI=1S/C16H13FO4/c17-13-4-2-11(16(18)19)8-12(13)10-3-5-14-15(9-10)21-7-1-6-20-14/h2-5,8-9H,1,6-7H2,(H,18,19). The maximum atomic E-state index is 14.0. The van der Waals surface area contributed by atoms with Gasteiger partial charge in [0.25, 0.3) is 0 Å². The molecular formula is C16H13FO4. The summed E-state index contributed by atoms with van der Waals surface area (Å²) in [4.78, 5) is 11.0. The number of aromatic carboxylic acids is 1. The van der Waals surface area contributed by atoms with E-state index in [1.807, 2.05) is 0 Å². The zero-order valence-electron chi connectivity index (χ0n) is 11.1. The molecule has 0 atom stereocenters. The van der Waals surface area contributed by atoms with Crippen molar-refractivity contribution in [2.24, 2.45) is 0 Å². The molecule has 0 saturated carbocycles. The number of halogens is 1. The topological polar surface area (TPSA) is 55.8 Å². The fraction of sp³-hybridized carbons (Fsp3) is 0.188. The second kappa shape index (κ2) is 5.44. The number of fused-ring (bicyclic) bond motifs is 1. The lowest BCUT2D eigenvalue weighted by molar-refractivity contribution is 0.0697. The lowest BCUT2D eigenvalue weighted by Crippen LogP contribution is -1.98. The van der Waals surface area contributed by atoms with Gasteiger partial charge in [-0.2, -0.15) is 0 Å². The van der Waals surface area contributed by atoms with Gasteiger partial charge in [-0.05, 0) is 35.9 Å². The average Bonchev–Trinajstić information content (AvgIpc) is 2.72. The van der Waals surface area contributed by atoms with Crippen molar-refractivity contribution in [2.45, 2.75) is 6.42 Å². The van der Waals surface area contributed by atoms with Crippen LogP contribution in [0.4, 0.5) is 4.39 Å². The van der Waals surface area contributed by atoms with Gasteiger partial charge in [-0.15, -0.1) is 0 Å². The number of hydrogen-bond donors (Lipinski definition) is 1. The SMILES string of the molecule is O=C(O)c1ccc(F)c(-c2ccc3c(c2)OCCCO3)c1. The summed E-state index contributed by atoms with van der Waals surface area (Å²) in [5.74, 6) is -0.406. The molecule has 0 radical (unpaired) electrons. The molecular weight excluding hydrogens is 275 g/mol. The highest BCUT2D eigenvalue weighted by Crippen LogP contribution is 2.35. The summed E-state index contributed by atoms with van der Waals surface area (Å²) in [7, 11) is 0. The molecule has 1 heterocycles. The first-order valence-corrected chi connectivity index (χ1v) is 6.58. The molecule has 108 valence electrons. The lowest BCUT2D eigenvalue weighted by Gasteiger charge is -2.10.